The Morgan fingerprint density at radius 1 is 1.29 bits per heavy atom. The van der Waals surface area contributed by atoms with Crippen molar-refractivity contribution in [2.75, 3.05) is 32.8 Å². The van der Waals surface area contributed by atoms with E-state index in [0.717, 1.165) is 39.3 Å². The lowest BCUT2D eigenvalue weighted by molar-refractivity contribution is 0.114. The number of hydrogen-bond donors (Lipinski definition) is 1. The molecule has 0 heterocycles. The molecular weight excluding hydrogens is 214 g/mol. The SMILES string of the molecule is CCOCCN(CC)CCC(C#N)NC(C)C. The molecular formula is C13H27N3O. The number of nitrogens with zero attached hydrogens (tertiary/aromatic N) is 2. The molecule has 0 aliphatic carbocycles. The second-order valence-electron chi connectivity index (χ2n) is 4.42. The lowest BCUT2D eigenvalue weighted by Crippen LogP contribution is -2.37. The van der Waals surface area contributed by atoms with Gasteiger partial charge in [0.15, 0.2) is 0 Å². The first-order valence-corrected chi connectivity index (χ1v) is 6.59. The van der Waals surface area contributed by atoms with Crippen molar-refractivity contribution in [3.05, 3.63) is 0 Å². The molecule has 17 heavy (non-hydrogen) atoms. The predicted molar refractivity (Wildman–Crippen MR) is 70.9 cm³/mol. The Labute approximate surface area is 106 Å². The molecule has 0 saturated carbocycles. The molecule has 1 atom stereocenters. The van der Waals surface area contributed by atoms with Gasteiger partial charge in [0.2, 0.25) is 0 Å². The summed E-state index contributed by atoms with van der Waals surface area (Å²) in [5.74, 6) is 0. The summed E-state index contributed by atoms with van der Waals surface area (Å²) >= 11 is 0. The van der Waals surface area contributed by atoms with Crippen molar-refractivity contribution >= 4 is 0 Å². The third-order valence-corrected chi connectivity index (χ3v) is 2.63. The molecule has 0 rings (SSSR count). The number of hydrogen-bond acceptors (Lipinski definition) is 4. The third-order valence-electron chi connectivity index (χ3n) is 2.63. The Morgan fingerprint density at radius 3 is 2.47 bits per heavy atom. The largest absolute Gasteiger partial charge is 0.380 e. The van der Waals surface area contributed by atoms with Gasteiger partial charge < -0.3 is 9.64 Å². The van der Waals surface area contributed by atoms with Crippen LogP contribution in [0.4, 0.5) is 0 Å². The van der Waals surface area contributed by atoms with Crippen LogP contribution in [0.2, 0.25) is 0 Å². The fraction of sp³-hybridized carbons (Fsp3) is 0.923. The number of nitrogens with one attached hydrogen (secondary N) is 1. The van der Waals surface area contributed by atoms with Gasteiger partial charge in [0.05, 0.1) is 18.7 Å². The molecule has 0 fully saturated rings. The van der Waals surface area contributed by atoms with Gasteiger partial charge in [-0.25, -0.2) is 0 Å². The van der Waals surface area contributed by atoms with E-state index in [1.165, 1.54) is 0 Å². The van der Waals surface area contributed by atoms with Crippen LogP contribution in [-0.4, -0.2) is 49.8 Å². The summed E-state index contributed by atoms with van der Waals surface area (Å²) in [7, 11) is 0. The summed E-state index contributed by atoms with van der Waals surface area (Å²) in [6.45, 7) is 12.7. The van der Waals surface area contributed by atoms with E-state index in [-0.39, 0.29) is 6.04 Å². The van der Waals surface area contributed by atoms with Crippen LogP contribution in [0.1, 0.15) is 34.1 Å². The maximum Gasteiger partial charge on any atom is 0.0967 e. The molecule has 0 aliphatic rings. The van der Waals surface area contributed by atoms with Crippen molar-refractivity contribution in [1.82, 2.24) is 10.2 Å². The molecule has 0 aliphatic heterocycles. The highest BCUT2D eigenvalue weighted by molar-refractivity contribution is 4.91. The highest BCUT2D eigenvalue weighted by Gasteiger charge is 2.10. The Hall–Kier alpha value is -0.630. The first kappa shape index (κ1) is 16.4. The minimum atomic E-state index is -0.0452. The van der Waals surface area contributed by atoms with E-state index in [9.17, 15) is 0 Å². The summed E-state index contributed by atoms with van der Waals surface area (Å²) in [6, 6.07) is 2.63. The molecule has 0 saturated heterocycles. The minimum absolute atomic E-state index is 0.0452. The molecule has 0 amide bonds. The maximum atomic E-state index is 9.02. The second-order valence-corrected chi connectivity index (χ2v) is 4.42. The third kappa shape index (κ3) is 9.11. The molecule has 0 radical (unpaired) electrons. The van der Waals surface area contributed by atoms with E-state index in [0.29, 0.717) is 6.04 Å². The number of rotatable bonds is 10. The van der Waals surface area contributed by atoms with Crippen molar-refractivity contribution < 1.29 is 4.74 Å². The van der Waals surface area contributed by atoms with Gasteiger partial charge in [-0.05, 0) is 33.7 Å². The highest BCUT2D eigenvalue weighted by Crippen LogP contribution is 1.98. The molecule has 0 aromatic rings. The number of ether oxygens (including phenoxy) is 1. The van der Waals surface area contributed by atoms with Crippen molar-refractivity contribution in [1.29, 1.82) is 5.26 Å². The maximum absolute atomic E-state index is 9.02. The van der Waals surface area contributed by atoms with E-state index >= 15 is 0 Å². The van der Waals surface area contributed by atoms with Gasteiger partial charge in [-0.3, -0.25) is 5.32 Å². The van der Waals surface area contributed by atoms with Gasteiger partial charge in [0.25, 0.3) is 0 Å². The van der Waals surface area contributed by atoms with Crippen LogP contribution in [0.25, 0.3) is 0 Å². The quantitative estimate of drug-likeness (QED) is 0.591. The lowest BCUT2D eigenvalue weighted by Gasteiger charge is -2.22. The number of likely N-dealkylation sites (N-methyl/N-ethyl adjacent to an activating group) is 1. The topological polar surface area (TPSA) is 48.3 Å². The van der Waals surface area contributed by atoms with Crippen molar-refractivity contribution in [2.45, 2.75) is 46.2 Å². The summed E-state index contributed by atoms with van der Waals surface area (Å²) in [4.78, 5) is 2.32. The van der Waals surface area contributed by atoms with Gasteiger partial charge >= 0.3 is 0 Å². The molecule has 4 nitrogen and oxygen atoms in total. The first-order chi connectivity index (χ1) is 8.13. The molecule has 0 aromatic heterocycles. The smallest absolute Gasteiger partial charge is 0.0967 e. The summed E-state index contributed by atoms with van der Waals surface area (Å²) in [5, 5.41) is 12.3. The molecule has 1 N–H and O–H groups in total. The summed E-state index contributed by atoms with van der Waals surface area (Å²) in [6.07, 6.45) is 0.870. The predicted octanol–water partition coefficient (Wildman–Crippen LogP) is 1.63. The summed E-state index contributed by atoms with van der Waals surface area (Å²) < 4.78 is 5.34. The van der Waals surface area contributed by atoms with E-state index < -0.39 is 0 Å². The van der Waals surface area contributed by atoms with Crippen LogP contribution in [-0.2, 0) is 4.74 Å². The normalized spacial score (nSPS) is 13.0. The van der Waals surface area contributed by atoms with Crippen LogP contribution in [0.5, 0.6) is 0 Å². The standard InChI is InChI=1S/C13H27N3O/c1-5-16(9-10-17-6-2)8-7-13(11-14)15-12(3)4/h12-13,15H,5-10H2,1-4H3. The fourth-order valence-corrected chi connectivity index (χ4v) is 1.67. The van der Waals surface area contributed by atoms with Crippen molar-refractivity contribution in [3.63, 3.8) is 0 Å². The molecule has 4 heteroatoms. The van der Waals surface area contributed by atoms with Crippen LogP contribution in [0, 0.1) is 11.3 Å². The van der Waals surface area contributed by atoms with Crippen LogP contribution in [0.3, 0.4) is 0 Å². The van der Waals surface area contributed by atoms with Crippen molar-refractivity contribution in [2.24, 2.45) is 0 Å². The van der Waals surface area contributed by atoms with Gasteiger partial charge in [-0.2, -0.15) is 5.26 Å². The zero-order valence-electron chi connectivity index (χ0n) is 11.7. The summed E-state index contributed by atoms with van der Waals surface area (Å²) in [5.41, 5.74) is 0. The zero-order chi connectivity index (χ0) is 13.1. The van der Waals surface area contributed by atoms with Gasteiger partial charge in [-0.1, -0.05) is 6.92 Å². The molecule has 1 unspecified atom stereocenters. The molecule has 0 aromatic carbocycles. The lowest BCUT2D eigenvalue weighted by atomic mass is 10.2. The fourth-order valence-electron chi connectivity index (χ4n) is 1.67. The van der Waals surface area contributed by atoms with E-state index in [4.69, 9.17) is 10.00 Å². The highest BCUT2D eigenvalue weighted by atomic mass is 16.5. The molecule has 0 spiro atoms. The Morgan fingerprint density at radius 2 is 2.00 bits per heavy atom. The Kier molecular flexibility index (Phi) is 10.1. The Bertz CT molecular complexity index is 213. The second kappa shape index (κ2) is 10.5. The van der Waals surface area contributed by atoms with E-state index in [1.54, 1.807) is 0 Å². The monoisotopic (exact) mass is 241 g/mol. The first-order valence-electron chi connectivity index (χ1n) is 6.59. The van der Waals surface area contributed by atoms with Crippen LogP contribution < -0.4 is 5.32 Å². The van der Waals surface area contributed by atoms with Gasteiger partial charge in [-0.15, -0.1) is 0 Å². The van der Waals surface area contributed by atoms with Crippen LogP contribution in [0.15, 0.2) is 0 Å². The van der Waals surface area contributed by atoms with Gasteiger partial charge in [0.1, 0.15) is 0 Å². The van der Waals surface area contributed by atoms with E-state index in [2.05, 4.69) is 37.1 Å². The van der Waals surface area contributed by atoms with Crippen molar-refractivity contribution in [3.8, 4) is 6.07 Å². The van der Waals surface area contributed by atoms with E-state index in [1.807, 2.05) is 6.92 Å². The molecule has 0 bridgehead atoms. The Balaban J connectivity index is 3.82. The zero-order valence-corrected chi connectivity index (χ0v) is 11.7. The average molecular weight is 241 g/mol. The van der Waals surface area contributed by atoms with Crippen LogP contribution >= 0.6 is 0 Å². The number of nitriles is 1. The van der Waals surface area contributed by atoms with Gasteiger partial charge in [0, 0.05) is 25.7 Å². The minimum Gasteiger partial charge on any atom is -0.380 e. The average Bonchev–Trinajstić information content (AvgIpc) is 2.31. The molecule has 100 valence electrons.